The molecule has 46 heavy (non-hydrogen) atoms. The predicted octanol–water partition coefficient (Wildman–Crippen LogP) is 7.68. The second-order valence-electron chi connectivity index (χ2n) is 11.0. The standard InChI is InChI=1S/C18H21ClN2O2.C18H16ClNO3/c1-13-12-14(8-9-16(13)19)20-18(22)15-6-4-5-7-17(15)23-11-10-21(2)3;1-3-23-15-6-4-5-13-16(15)18(22)20(17(13)21)10-12-7-8-14(19)11(2)9-12/h4-9,12H,10-11H2,1-3H3,(H,20,22);4-9H,3,10H2,1-2H3. The van der Waals surface area contributed by atoms with Gasteiger partial charge in [-0.25, -0.2) is 0 Å². The van der Waals surface area contributed by atoms with Crippen molar-refractivity contribution in [3.8, 4) is 11.5 Å². The number of hydrogen-bond donors (Lipinski definition) is 1. The Morgan fingerprint density at radius 2 is 1.50 bits per heavy atom. The van der Waals surface area contributed by atoms with Crippen molar-refractivity contribution in [2.24, 2.45) is 0 Å². The molecule has 0 aliphatic carbocycles. The molecular weight excluding hydrogens is 625 g/mol. The first-order chi connectivity index (χ1) is 22.0. The third-order valence-corrected chi connectivity index (χ3v) is 8.02. The molecular formula is C36H37Cl2N3O5. The number of anilines is 1. The Labute approximate surface area is 279 Å². The van der Waals surface area contributed by atoms with Crippen LogP contribution in [-0.4, -0.2) is 61.4 Å². The van der Waals surface area contributed by atoms with Crippen LogP contribution in [0.1, 0.15) is 54.7 Å². The van der Waals surface area contributed by atoms with Crippen molar-refractivity contribution in [3.63, 3.8) is 0 Å². The first kappa shape index (κ1) is 34.5. The van der Waals surface area contributed by atoms with Gasteiger partial charge in [0.15, 0.2) is 0 Å². The summed E-state index contributed by atoms with van der Waals surface area (Å²) in [5.74, 6) is 0.226. The molecule has 1 aliphatic heterocycles. The second-order valence-corrected chi connectivity index (χ2v) is 11.8. The lowest BCUT2D eigenvalue weighted by molar-refractivity contribution is 0.0641. The average molecular weight is 663 g/mol. The molecule has 1 aliphatic rings. The summed E-state index contributed by atoms with van der Waals surface area (Å²) in [4.78, 5) is 41.0. The lowest BCUT2D eigenvalue weighted by Crippen LogP contribution is -2.29. The summed E-state index contributed by atoms with van der Waals surface area (Å²) in [6.07, 6.45) is 0. The lowest BCUT2D eigenvalue weighted by atomic mass is 10.1. The minimum absolute atomic E-state index is 0.202. The lowest BCUT2D eigenvalue weighted by Gasteiger charge is -2.14. The van der Waals surface area contributed by atoms with Crippen molar-refractivity contribution >= 4 is 46.6 Å². The number of amides is 3. The van der Waals surface area contributed by atoms with E-state index in [1.165, 1.54) is 4.90 Å². The fourth-order valence-corrected chi connectivity index (χ4v) is 4.98. The maximum atomic E-state index is 12.7. The van der Waals surface area contributed by atoms with Gasteiger partial charge in [0.1, 0.15) is 18.1 Å². The first-order valence-corrected chi connectivity index (χ1v) is 15.6. The molecule has 1 heterocycles. The highest BCUT2D eigenvalue weighted by Gasteiger charge is 2.38. The van der Waals surface area contributed by atoms with Crippen LogP contribution in [0.4, 0.5) is 5.69 Å². The van der Waals surface area contributed by atoms with Crippen LogP contribution in [0.3, 0.4) is 0 Å². The van der Waals surface area contributed by atoms with E-state index in [1.807, 2.05) is 70.1 Å². The number of rotatable bonds is 10. The minimum atomic E-state index is -0.318. The summed E-state index contributed by atoms with van der Waals surface area (Å²) in [5.41, 5.74) is 4.66. The molecule has 0 unspecified atom stereocenters. The summed E-state index contributed by atoms with van der Waals surface area (Å²) in [6, 6.07) is 23.2. The summed E-state index contributed by atoms with van der Waals surface area (Å²) in [7, 11) is 3.95. The van der Waals surface area contributed by atoms with E-state index >= 15 is 0 Å². The van der Waals surface area contributed by atoms with Gasteiger partial charge < -0.3 is 19.7 Å². The number of nitrogens with one attached hydrogen (secondary N) is 1. The molecule has 0 aromatic heterocycles. The predicted molar refractivity (Wildman–Crippen MR) is 183 cm³/mol. The van der Waals surface area contributed by atoms with Crippen molar-refractivity contribution in [2.45, 2.75) is 27.3 Å². The molecule has 0 fully saturated rings. The van der Waals surface area contributed by atoms with Crippen molar-refractivity contribution in [2.75, 3.05) is 39.2 Å². The number of aryl methyl sites for hydroxylation is 2. The average Bonchev–Trinajstić information content (AvgIpc) is 3.26. The van der Waals surface area contributed by atoms with E-state index in [-0.39, 0.29) is 24.3 Å². The third kappa shape index (κ3) is 8.46. The molecule has 8 nitrogen and oxygen atoms in total. The number of para-hydroxylation sites is 1. The zero-order chi connectivity index (χ0) is 33.4. The number of nitrogens with zero attached hydrogens (tertiary/aromatic N) is 2. The highest BCUT2D eigenvalue weighted by atomic mass is 35.5. The Hall–Kier alpha value is -4.37. The number of halogens is 2. The van der Waals surface area contributed by atoms with Crippen LogP contribution in [0.25, 0.3) is 0 Å². The highest BCUT2D eigenvalue weighted by molar-refractivity contribution is 6.31. The van der Waals surface area contributed by atoms with Crippen LogP contribution < -0.4 is 14.8 Å². The molecule has 0 spiro atoms. The zero-order valence-electron chi connectivity index (χ0n) is 26.5. The molecule has 240 valence electrons. The molecule has 0 radical (unpaired) electrons. The SMILES string of the molecule is CCOc1cccc2c1C(=O)N(Cc1ccc(Cl)c(C)c1)C2=O.Cc1cc(NC(=O)c2ccccc2OCCN(C)C)ccc1Cl. The smallest absolute Gasteiger partial charge is 0.265 e. The fraction of sp³-hybridized carbons (Fsp3) is 0.250. The maximum absolute atomic E-state index is 12.7. The van der Waals surface area contributed by atoms with E-state index in [0.29, 0.717) is 57.1 Å². The zero-order valence-corrected chi connectivity index (χ0v) is 28.0. The third-order valence-electron chi connectivity index (χ3n) is 7.17. The Kier molecular flexibility index (Phi) is 11.8. The second kappa shape index (κ2) is 15.8. The van der Waals surface area contributed by atoms with E-state index in [1.54, 1.807) is 48.5 Å². The number of benzene rings is 4. The van der Waals surface area contributed by atoms with Gasteiger partial charge in [-0.1, -0.05) is 53.5 Å². The Morgan fingerprint density at radius 3 is 2.17 bits per heavy atom. The van der Waals surface area contributed by atoms with Crippen LogP contribution in [0.15, 0.2) is 78.9 Å². The number of likely N-dealkylation sites (N-methyl/N-ethyl adjacent to an activating group) is 1. The largest absolute Gasteiger partial charge is 0.493 e. The first-order valence-electron chi connectivity index (χ1n) is 14.8. The topological polar surface area (TPSA) is 88.2 Å². The van der Waals surface area contributed by atoms with E-state index in [0.717, 1.165) is 23.2 Å². The van der Waals surface area contributed by atoms with E-state index < -0.39 is 0 Å². The van der Waals surface area contributed by atoms with Crippen molar-refractivity contribution in [1.29, 1.82) is 0 Å². The summed E-state index contributed by atoms with van der Waals surface area (Å²) in [6.45, 7) is 7.60. The molecule has 0 saturated heterocycles. The Bertz CT molecular complexity index is 1740. The maximum Gasteiger partial charge on any atom is 0.265 e. The normalized spacial score (nSPS) is 12.0. The fourth-order valence-electron chi connectivity index (χ4n) is 4.75. The molecule has 0 bridgehead atoms. The van der Waals surface area contributed by atoms with Crippen molar-refractivity contribution < 1.29 is 23.9 Å². The number of hydrogen-bond acceptors (Lipinski definition) is 6. The van der Waals surface area contributed by atoms with Gasteiger partial charge in [-0.3, -0.25) is 19.3 Å². The van der Waals surface area contributed by atoms with Gasteiger partial charge in [0.25, 0.3) is 17.7 Å². The van der Waals surface area contributed by atoms with Crippen LogP contribution >= 0.6 is 23.2 Å². The number of imide groups is 1. The van der Waals surface area contributed by atoms with Crippen LogP contribution in [0, 0.1) is 13.8 Å². The van der Waals surface area contributed by atoms with Gasteiger partial charge in [-0.05, 0) is 100 Å². The molecule has 4 aromatic rings. The Morgan fingerprint density at radius 1 is 0.826 bits per heavy atom. The number of carbonyl (C=O) groups is 3. The van der Waals surface area contributed by atoms with Crippen LogP contribution in [0.2, 0.25) is 10.0 Å². The van der Waals surface area contributed by atoms with Gasteiger partial charge >= 0.3 is 0 Å². The highest BCUT2D eigenvalue weighted by Crippen LogP contribution is 2.32. The monoisotopic (exact) mass is 661 g/mol. The molecule has 0 atom stereocenters. The molecule has 0 saturated carbocycles. The Balaban J connectivity index is 0.000000209. The quantitative estimate of drug-likeness (QED) is 0.175. The van der Waals surface area contributed by atoms with Crippen LogP contribution in [-0.2, 0) is 6.54 Å². The van der Waals surface area contributed by atoms with Crippen molar-refractivity contribution in [3.05, 3.63) is 122 Å². The van der Waals surface area contributed by atoms with Crippen molar-refractivity contribution in [1.82, 2.24) is 9.80 Å². The number of fused-ring (bicyclic) bond motifs is 1. The molecule has 1 N–H and O–H groups in total. The van der Waals surface area contributed by atoms with E-state index in [9.17, 15) is 14.4 Å². The molecule has 4 aromatic carbocycles. The van der Waals surface area contributed by atoms with Gasteiger partial charge in [0, 0.05) is 22.3 Å². The molecule has 3 amide bonds. The summed E-state index contributed by atoms with van der Waals surface area (Å²) >= 11 is 12.0. The summed E-state index contributed by atoms with van der Waals surface area (Å²) in [5, 5.41) is 4.22. The van der Waals surface area contributed by atoms with Gasteiger partial charge in [-0.15, -0.1) is 0 Å². The van der Waals surface area contributed by atoms with Crippen LogP contribution in [0.5, 0.6) is 11.5 Å². The van der Waals surface area contributed by atoms with E-state index in [2.05, 4.69) is 5.32 Å². The number of ether oxygens (including phenoxy) is 2. The summed E-state index contributed by atoms with van der Waals surface area (Å²) < 4.78 is 11.2. The minimum Gasteiger partial charge on any atom is -0.493 e. The van der Waals surface area contributed by atoms with Gasteiger partial charge in [0.05, 0.1) is 29.8 Å². The van der Waals surface area contributed by atoms with Gasteiger partial charge in [0.2, 0.25) is 0 Å². The molecule has 10 heteroatoms. The van der Waals surface area contributed by atoms with E-state index in [4.69, 9.17) is 32.7 Å². The molecule has 5 rings (SSSR count). The van der Waals surface area contributed by atoms with Gasteiger partial charge in [-0.2, -0.15) is 0 Å². The number of carbonyl (C=O) groups excluding carboxylic acids is 3.